The number of carbonyl (C=O) groups is 2. The average Bonchev–Trinajstić information content (AvgIpc) is 3.09. The molecule has 10 heteroatoms. The van der Waals surface area contributed by atoms with Gasteiger partial charge < -0.3 is 20.4 Å². The molecule has 1 unspecified atom stereocenters. The molecule has 0 radical (unpaired) electrons. The molecule has 0 aliphatic heterocycles. The molecule has 2 amide bonds. The number of nitrogens with one attached hydrogen (secondary N) is 1. The van der Waals surface area contributed by atoms with Gasteiger partial charge in [0.05, 0.1) is 17.0 Å². The van der Waals surface area contributed by atoms with Gasteiger partial charge >= 0.3 is 0 Å². The van der Waals surface area contributed by atoms with E-state index in [-0.39, 0.29) is 23.3 Å². The molecule has 3 N–H and O–H groups in total. The highest BCUT2D eigenvalue weighted by molar-refractivity contribution is 7.99. The number of carbonyl (C=O) groups excluding carboxylic acids is 2. The van der Waals surface area contributed by atoms with Crippen LogP contribution in [0.25, 0.3) is 0 Å². The zero-order valence-electron chi connectivity index (χ0n) is 17.3. The summed E-state index contributed by atoms with van der Waals surface area (Å²) in [5, 5.41) is 12.3. The van der Waals surface area contributed by atoms with E-state index in [1.807, 2.05) is 33.0 Å². The van der Waals surface area contributed by atoms with Gasteiger partial charge in [-0.25, -0.2) is 0 Å². The largest absolute Gasteiger partial charge is 0.482 e. The van der Waals surface area contributed by atoms with Crippen molar-refractivity contribution in [3.05, 3.63) is 64.4 Å². The number of benzene rings is 2. The van der Waals surface area contributed by atoms with Gasteiger partial charge in [-0.15, -0.1) is 10.2 Å². The molecular formula is C21H22ClN5O3S. The molecule has 0 aliphatic rings. The van der Waals surface area contributed by atoms with E-state index in [0.717, 1.165) is 5.56 Å². The molecule has 0 aliphatic carbocycles. The molecule has 0 fully saturated rings. The number of nitrogens with two attached hydrogens (primary N) is 1. The third kappa shape index (κ3) is 5.56. The summed E-state index contributed by atoms with van der Waals surface area (Å²) < 4.78 is 7.79. The van der Waals surface area contributed by atoms with E-state index in [2.05, 4.69) is 15.5 Å². The molecule has 0 saturated heterocycles. The van der Waals surface area contributed by atoms with Gasteiger partial charge in [-0.1, -0.05) is 35.5 Å². The zero-order chi connectivity index (χ0) is 22.5. The molecule has 31 heavy (non-hydrogen) atoms. The van der Waals surface area contributed by atoms with E-state index in [1.165, 1.54) is 11.8 Å². The number of ether oxygens (including phenoxy) is 1. The summed E-state index contributed by atoms with van der Waals surface area (Å²) in [5.74, 6) is 0.526. The molecule has 162 valence electrons. The van der Waals surface area contributed by atoms with Crippen molar-refractivity contribution >= 4 is 40.9 Å². The van der Waals surface area contributed by atoms with Crippen LogP contribution >= 0.6 is 23.4 Å². The number of aryl methyl sites for hydroxylation is 1. The summed E-state index contributed by atoms with van der Waals surface area (Å²) in [5.41, 5.74) is 6.89. The van der Waals surface area contributed by atoms with Crippen molar-refractivity contribution in [2.24, 2.45) is 12.8 Å². The molecule has 0 saturated carbocycles. The number of nitrogens with zero attached hydrogens (tertiary/aromatic N) is 3. The second-order valence-electron chi connectivity index (χ2n) is 6.82. The lowest BCUT2D eigenvalue weighted by atomic mass is 10.1. The molecule has 3 rings (SSSR count). The fourth-order valence-corrected chi connectivity index (χ4v) is 3.86. The van der Waals surface area contributed by atoms with Crippen molar-refractivity contribution in [1.82, 2.24) is 14.8 Å². The number of anilines is 1. The maximum absolute atomic E-state index is 12.3. The Kier molecular flexibility index (Phi) is 7.19. The van der Waals surface area contributed by atoms with Crippen LogP contribution in [0.2, 0.25) is 5.02 Å². The first-order valence-electron chi connectivity index (χ1n) is 9.40. The molecule has 0 spiro atoms. The molecule has 1 atom stereocenters. The second kappa shape index (κ2) is 9.84. The van der Waals surface area contributed by atoms with Crippen molar-refractivity contribution in [2.45, 2.75) is 25.1 Å². The monoisotopic (exact) mass is 459 g/mol. The van der Waals surface area contributed by atoms with Crippen LogP contribution in [0.1, 0.15) is 34.8 Å². The maximum Gasteiger partial charge on any atom is 0.250 e. The zero-order valence-corrected chi connectivity index (χ0v) is 18.8. The first-order valence-corrected chi connectivity index (χ1v) is 10.8. The van der Waals surface area contributed by atoms with E-state index in [9.17, 15) is 9.59 Å². The number of aromatic nitrogens is 3. The quantitative estimate of drug-likeness (QED) is 0.496. The van der Waals surface area contributed by atoms with Gasteiger partial charge in [0.1, 0.15) is 5.75 Å². The van der Waals surface area contributed by atoms with Crippen LogP contribution in [0.4, 0.5) is 5.69 Å². The van der Waals surface area contributed by atoms with E-state index < -0.39 is 5.91 Å². The fraction of sp³-hybridized carbons (Fsp3) is 0.238. The summed E-state index contributed by atoms with van der Waals surface area (Å²) >= 11 is 7.22. The van der Waals surface area contributed by atoms with Crippen molar-refractivity contribution in [1.29, 1.82) is 0 Å². The Balaban J connectivity index is 1.62. The molecule has 2 aromatic carbocycles. The van der Waals surface area contributed by atoms with Gasteiger partial charge in [-0.2, -0.15) is 0 Å². The standard InChI is InChI=1S/C21H22ClN5O3S/c1-12-10-14(22)8-9-17(12)30-13(2)20-25-26-21(27(20)3)31-11-18(28)24-16-7-5-4-6-15(16)19(23)29/h4-10,13H,11H2,1-3H3,(H2,23,29)(H,24,28). The van der Waals surface area contributed by atoms with Crippen LogP contribution in [-0.4, -0.2) is 32.3 Å². The SMILES string of the molecule is Cc1cc(Cl)ccc1OC(C)c1nnc(SCC(=O)Nc2ccccc2C(N)=O)n1C. The minimum absolute atomic E-state index is 0.0879. The van der Waals surface area contributed by atoms with Crippen LogP contribution in [-0.2, 0) is 11.8 Å². The van der Waals surface area contributed by atoms with Crippen molar-refractivity contribution in [3.8, 4) is 5.75 Å². The summed E-state index contributed by atoms with van der Waals surface area (Å²) in [6, 6.07) is 12.0. The molecule has 1 heterocycles. The van der Waals surface area contributed by atoms with Crippen LogP contribution in [0.15, 0.2) is 47.6 Å². The van der Waals surface area contributed by atoms with Crippen LogP contribution in [0, 0.1) is 6.92 Å². The number of rotatable bonds is 8. The molecule has 8 nitrogen and oxygen atoms in total. The van der Waals surface area contributed by atoms with Gasteiger partial charge in [-0.3, -0.25) is 9.59 Å². The van der Waals surface area contributed by atoms with Crippen LogP contribution < -0.4 is 15.8 Å². The van der Waals surface area contributed by atoms with Crippen molar-refractivity contribution in [3.63, 3.8) is 0 Å². The first-order chi connectivity index (χ1) is 14.8. The lowest BCUT2D eigenvalue weighted by Crippen LogP contribution is -2.19. The Morgan fingerprint density at radius 1 is 1.26 bits per heavy atom. The van der Waals surface area contributed by atoms with Gasteiger partial charge in [0.25, 0.3) is 5.91 Å². The van der Waals surface area contributed by atoms with Crippen molar-refractivity contribution < 1.29 is 14.3 Å². The molecule has 1 aromatic heterocycles. The normalized spacial score (nSPS) is 11.7. The first kappa shape index (κ1) is 22.6. The Morgan fingerprint density at radius 2 is 2.00 bits per heavy atom. The molecule has 3 aromatic rings. The van der Waals surface area contributed by atoms with E-state index in [0.29, 0.717) is 27.4 Å². The maximum atomic E-state index is 12.3. The lowest BCUT2D eigenvalue weighted by molar-refractivity contribution is -0.113. The minimum Gasteiger partial charge on any atom is -0.482 e. The third-order valence-electron chi connectivity index (χ3n) is 4.47. The number of amides is 2. The predicted molar refractivity (Wildman–Crippen MR) is 121 cm³/mol. The number of halogens is 1. The van der Waals surface area contributed by atoms with Gasteiger partial charge in [-0.05, 0) is 49.7 Å². The van der Waals surface area contributed by atoms with E-state index in [4.69, 9.17) is 22.1 Å². The number of thioether (sulfide) groups is 1. The van der Waals surface area contributed by atoms with Gasteiger partial charge in [0, 0.05) is 12.1 Å². The number of hydrogen-bond acceptors (Lipinski definition) is 6. The van der Waals surface area contributed by atoms with Crippen LogP contribution in [0.5, 0.6) is 5.75 Å². The Bertz CT molecular complexity index is 1120. The van der Waals surface area contributed by atoms with Crippen molar-refractivity contribution in [2.75, 3.05) is 11.1 Å². The number of hydrogen-bond donors (Lipinski definition) is 2. The second-order valence-corrected chi connectivity index (χ2v) is 8.20. The van der Waals surface area contributed by atoms with Gasteiger partial charge in [0.15, 0.2) is 17.1 Å². The third-order valence-corrected chi connectivity index (χ3v) is 5.73. The Labute approximate surface area is 189 Å². The summed E-state index contributed by atoms with van der Waals surface area (Å²) in [6.45, 7) is 3.79. The lowest BCUT2D eigenvalue weighted by Gasteiger charge is -2.16. The highest BCUT2D eigenvalue weighted by Crippen LogP contribution is 2.28. The Hall–Kier alpha value is -3.04. The smallest absolute Gasteiger partial charge is 0.250 e. The highest BCUT2D eigenvalue weighted by atomic mass is 35.5. The van der Waals surface area contributed by atoms with Crippen LogP contribution in [0.3, 0.4) is 0 Å². The van der Waals surface area contributed by atoms with E-state index >= 15 is 0 Å². The summed E-state index contributed by atoms with van der Waals surface area (Å²) in [7, 11) is 1.81. The molecule has 0 bridgehead atoms. The fourth-order valence-electron chi connectivity index (χ4n) is 2.92. The number of primary amides is 1. The Morgan fingerprint density at radius 3 is 2.71 bits per heavy atom. The average molecular weight is 460 g/mol. The van der Waals surface area contributed by atoms with Gasteiger partial charge in [0.2, 0.25) is 5.91 Å². The minimum atomic E-state index is -0.605. The summed E-state index contributed by atoms with van der Waals surface area (Å²) in [6.07, 6.45) is -0.358. The number of para-hydroxylation sites is 1. The summed E-state index contributed by atoms with van der Waals surface area (Å²) in [4.78, 5) is 23.8. The topological polar surface area (TPSA) is 112 Å². The van der Waals surface area contributed by atoms with E-state index in [1.54, 1.807) is 34.9 Å². The molecular weight excluding hydrogens is 438 g/mol. The highest BCUT2D eigenvalue weighted by Gasteiger charge is 2.19. The predicted octanol–water partition coefficient (Wildman–Crippen LogP) is 3.75.